The number of halogens is 1. The van der Waals surface area contributed by atoms with Gasteiger partial charge in [-0.3, -0.25) is 4.79 Å². The number of hydrogen-bond acceptors (Lipinski definition) is 3. The largest absolute Gasteiger partial charge is 0.508 e. The van der Waals surface area contributed by atoms with Gasteiger partial charge in [0.05, 0.1) is 11.4 Å². The molecule has 4 nitrogen and oxygen atoms in total. The Morgan fingerprint density at radius 1 is 1.21 bits per heavy atom. The number of para-hydroxylation sites is 1. The third-order valence-electron chi connectivity index (χ3n) is 2.47. The molecular formula is C14H12ClNO3. The molecule has 0 spiro atoms. The first-order valence-corrected chi connectivity index (χ1v) is 5.96. The van der Waals surface area contributed by atoms with Gasteiger partial charge in [0.1, 0.15) is 17.2 Å². The quantitative estimate of drug-likeness (QED) is 0.902. The zero-order chi connectivity index (χ0) is 13.8. The number of carbonyl (C=O) groups is 1. The lowest BCUT2D eigenvalue weighted by molar-refractivity contribution is -0.117. The monoisotopic (exact) mass is 277 g/mol. The molecule has 0 aliphatic carbocycles. The zero-order valence-electron chi connectivity index (χ0n) is 9.97. The van der Waals surface area contributed by atoms with E-state index in [9.17, 15) is 9.90 Å². The minimum Gasteiger partial charge on any atom is -0.508 e. The zero-order valence-corrected chi connectivity index (χ0v) is 10.7. The van der Waals surface area contributed by atoms with Gasteiger partial charge >= 0.3 is 0 Å². The number of nitrogens with two attached hydrogens (primary N) is 1. The van der Waals surface area contributed by atoms with Crippen molar-refractivity contribution < 1.29 is 14.6 Å². The van der Waals surface area contributed by atoms with Crippen LogP contribution in [0.25, 0.3) is 0 Å². The first-order valence-electron chi connectivity index (χ1n) is 5.59. The number of ether oxygens (including phenoxy) is 1. The van der Waals surface area contributed by atoms with E-state index in [0.717, 1.165) is 0 Å². The van der Waals surface area contributed by atoms with Crippen molar-refractivity contribution in [2.45, 2.75) is 6.42 Å². The lowest BCUT2D eigenvalue weighted by Gasteiger charge is -2.11. The molecule has 2 rings (SSSR count). The average Bonchev–Trinajstić information content (AvgIpc) is 2.34. The van der Waals surface area contributed by atoms with Crippen LogP contribution in [0.1, 0.15) is 5.56 Å². The fourth-order valence-electron chi connectivity index (χ4n) is 1.64. The van der Waals surface area contributed by atoms with E-state index < -0.39 is 5.91 Å². The van der Waals surface area contributed by atoms with Crippen molar-refractivity contribution in [1.29, 1.82) is 0 Å². The summed E-state index contributed by atoms with van der Waals surface area (Å²) < 4.78 is 5.65. The van der Waals surface area contributed by atoms with E-state index in [4.69, 9.17) is 22.1 Å². The Hall–Kier alpha value is -2.20. The van der Waals surface area contributed by atoms with Crippen LogP contribution in [0.3, 0.4) is 0 Å². The Labute approximate surface area is 115 Å². The van der Waals surface area contributed by atoms with Gasteiger partial charge in [-0.05, 0) is 30.3 Å². The molecule has 0 heterocycles. The molecule has 0 saturated carbocycles. The van der Waals surface area contributed by atoms with E-state index in [0.29, 0.717) is 22.1 Å². The first kappa shape index (κ1) is 13.2. The second-order valence-electron chi connectivity index (χ2n) is 3.97. The number of rotatable bonds is 4. The standard InChI is InChI=1S/C14H12ClNO3/c15-11-3-1-2-4-13(11)19-12-6-5-10(17)7-9(12)8-14(16)18/h1-7,17H,8H2,(H2,16,18). The highest BCUT2D eigenvalue weighted by molar-refractivity contribution is 6.32. The number of carbonyl (C=O) groups excluding carboxylic acids is 1. The number of aromatic hydroxyl groups is 1. The summed E-state index contributed by atoms with van der Waals surface area (Å²) in [4.78, 5) is 11.0. The normalized spacial score (nSPS) is 10.2. The average molecular weight is 278 g/mol. The maximum Gasteiger partial charge on any atom is 0.221 e. The van der Waals surface area contributed by atoms with Crippen LogP contribution in [-0.2, 0) is 11.2 Å². The SMILES string of the molecule is NC(=O)Cc1cc(O)ccc1Oc1ccccc1Cl. The molecule has 98 valence electrons. The maximum absolute atomic E-state index is 11.0. The molecule has 2 aromatic carbocycles. The molecule has 0 bridgehead atoms. The fraction of sp³-hybridized carbons (Fsp3) is 0.0714. The van der Waals surface area contributed by atoms with Crippen LogP contribution in [0.5, 0.6) is 17.2 Å². The summed E-state index contributed by atoms with van der Waals surface area (Å²) in [5.74, 6) is 0.447. The van der Waals surface area contributed by atoms with Gasteiger partial charge in [-0.2, -0.15) is 0 Å². The molecule has 0 unspecified atom stereocenters. The molecule has 0 saturated heterocycles. The third-order valence-corrected chi connectivity index (χ3v) is 2.78. The van der Waals surface area contributed by atoms with Gasteiger partial charge in [0.15, 0.2) is 0 Å². The number of phenolic OH excluding ortho intramolecular Hbond substituents is 1. The van der Waals surface area contributed by atoms with Crippen molar-refractivity contribution in [3.05, 3.63) is 53.1 Å². The summed E-state index contributed by atoms with van der Waals surface area (Å²) >= 11 is 6.00. The maximum atomic E-state index is 11.0. The Balaban J connectivity index is 2.34. The van der Waals surface area contributed by atoms with Crippen molar-refractivity contribution in [2.24, 2.45) is 5.73 Å². The number of benzene rings is 2. The molecule has 19 heavy (non-hydrogen) atoms. The molecule has 3 N–H and O–H groups in total. The van der Waals surface area contributed by atoms with E-state index in [2.05, 4.69) is 0 Å². The van der Waals surface area contributed by atoms with Crippen LogP contribution < -0.4 is 10.5 Å². The highest BCUT2D eigenvalue weighted by Crippen LogP contribution is 2.32. The van der Waals surface area contributed by atoms with Crippen molar-refractivity contribution >= 4 is 17.5 Å². The molecule has 2 aromatic rings. The summed E-state index contributed by atoms with van der Waals surface area (Å²) in [6.45, 7) is 0. The second-order valence-corrected chi connectivity index (χ2v) is 4.37. The number of phenols is 1. The van der Waals surface area contributed by atoms with E-state index >= 15 is 0 Å². The highest BCUT2D eigenvalue weighted by Gasteiger charge is 2.10. The van der Waals surface area contributed by atoms with Gasteiger partial charge in [-0.1, -0.05) is 23.7 Å². The van der Waals surface area contributed by atoms with E-state index in [1.807, 2.05) is 0 Å². The van der Waals surface area contributed by atoms with Crippen LogP contribution in [0.2, 0.25) is 5.02 Å². The molecule has 0 aliphatic rings. The van der Waals surface area contributed by atoms with Crippen molar-refractivity contribution in [3.8, 4) is 17.2 Å². The van der Waals surface area contributed by atoms with Gasteiger partial charge in [0.25, 0.3) is 0 Å². The molecule has 0 aromatic heterocycles. The summed E-state index contributed by atoms with van der Waals surface area (Å²) in [6, 6.07) is 11.5. The molecule has 5 heteroatoms. The summed E-state index contributed by atoms with van der Waals surface area (Å²) in [5, 5.41) is 9.90. The van der Waals surface area contributed by atoms with Crippen LogP contribution in [-0.4, -0.2) is 11.0 Å². The third kappa shape index (κ3) is 3.39. The first-order chi connectivity index (χ1) is 9.06. The molecule has 0 atom stereocenters. The molecule has 1 amide bonds. The number of hydrogen-bond donors (Lipinski definition) is 2. The Kier molecular flexibility index (Phi) is 3.92. The lowest BCUT2D eigenvalue weighted by atomic mass is 10.1. The van der Waals surface area contributed by atoms with E-state index in [1.54, 1.807) is 30.3 Å². The van der Waals surface area contributed by atoms with Gasteiger partial charge in [-0.15, -0.1) is 0 Å². The van der Waals surface area contributed by atoms with Crippen LogP contribution in [0.4, 0.5) is 0 Å². The Bertz CT molecular complexity index is 613. The lowest BCUT2D eigenvalue weighted by Crippen LogP contribution is -2.14. The van der Waals surface area contributed by atoms with E-state index in [1.165, 1.54) is 12.1 Å². The van der Waals surface area contributed by atoms with Crippen molar-refractivity contribution in [2.75, 3.05) is 0 Å². The summed E-state index contributed by atoms with van der Waals surface area (Å²) in [6.07, 6.45) is -0.0197. The molecule has 0 aliphatic heterocycles. The Morgan fingerprint density at radius 2 is 1.95 bits per heavy atom. The van der Waals surface area contributed by atoms with Crippen LogP contribution in [0, 0.1) is 0 Å². The predicted octanol–water partition coefficient (Wildman–Crippen LogP) is 2.87. The van der Waals surface area contributed by atoms with Crippen LogP contribution in [0.15, 0.2) is 42.5 Å². The smallest absolute Gasteiger partial charge is 0.221 e. The molecular weight excluding hydrogens is 266 g/mol. The second kappa shape index (κ2) is 5.63. The molecule has 0 radical (unpaired) electrons. The molecule has 0 fully saturated rings. The van der Waals surface area contributed by atoms with Gasteiger partial charge in [-0.25, -0.2) is 0 Å². The number of amides is 1. The fourth-order valence-corrected chi connectivity index (χ4v) is 1.81. The van der Waals surface area contributed by atoms with Gasteiger partial charge < -0.3 is 15.6 Å². The van der Waals surface area contributed by atoms with Gasteiger partial charge in [0, 0.05) is 5.56 Å². The number of primary amides is 1. The van der Waals surface area contributed by atoms with Gasteiger partial charge in [0.2, 0.25) is 5.91 Å². The Morgan fingerprint density at radius 3 is 2.63 bits per heavy atom. The summed E-state index contributed by atoms with van der Waals surface area (Å²) in [7, 11) is 0. The van der Waals surface area contributed by atoms with Crippen molar-refractivity contribution in [3.63, 3.8) is 0 Å². The van der Waals surface area contributed by atoms with Crippen LogP contribution >= 0.6 is 11.6 Å². The van der Waals surface area contributed by atoms with E-state index in [-0.39, 0.29) is 12.2 Å². The topological polar surface area (TPSA) is 72.6 Å². The highest BCUT2D eigenvalue weighted by atomic mass is 35.5. The minimum atomic E-state index is -0.505. The minimum absolute atomic E-state index is 0.0197. The summed E-state index contributed by atoms with van der Waals surface area (Å²) in [5.41, 5.74) is 5.67. The predicted molar refractivity (Wildman–Crippen MR) is 72.5 cm³/mol. The van der Waals surface area contributed by atoms with Crippen molar-refractivity contribution in [1.82, 2.24) is 0 Å².